The molecule has 1 N–H and O–H groups in total. The number of hydrogen-bond donors (Lipinski definition) is 1. The van der Waals surface area contributed by atoms with Crippen LogP contribution in [0, 0.1) is 0 Å². The van der Waals surface area contributed by atoms with Crippen LogP contribution in [0.2, 0.25) is 0 Å². The minimum absolute atomic E-state index is 0.0758. The van der Waals surface area contributed by atoms with Crippen LogP contribution in [-0.2, 0) is 20.9 Å². The number of carbonyl (C=O) groups is 2. The number of carbonyl (C=O) groups excluding carboxylic acids is 1. The molecule has 1 aliphatic heterocycles. The van der Waals surface area contributed by atoms with Gasteiger partial charge in [-0.1, -0.05) is 12.1 Å². The Bertz CT molecular complexity index is 526. The van der Waals surface area contributed by atoms with Gasteiger partial charge in [-0.2, -0.15) is 0 Å². The zero-order chi connectivity index (χ0) is 16.1. The molecule has 6 heteroatoms. The molecule has 6 nitrogen and oxygen atoms in total. The molecule has 1 fully saturated rings. The Hall–Kier alpha value is -1.92. The number of rotatable bonds is 5. The van der Waals surface area contributed by atoms with E-state index in [4.69, 9.17) is 14.6 Å². The molecule has 22 heavy (non-hydrogen) atoms. The van der Waals surface area contributed by atoms with Gasteiger partial charge in [0.15, 0.2) is 6.10 Å². The van der Waals surface area contributed by atoms with Crippen LogP contribution in [0.15, 0.2) is 24.3 Å². The smallest absolute Gasteiger partial charge is 0.334 e. The van der Waals surface area contributed by atoms with Gasteiger partial charge in [0.1, 0.15) is 0 Å². The summed E-state index contributed by atoms with van der Waals surface area (Å²) < 4.78 is 10.6. The van der Waals surface area contributed by atoms with E-state index in [1.54, 1.807) is 12.1 Å². The maximum atomic E-state index is 12.4. The van der Waals surface area contributed by atoms with Crippen LogP contribution >= 0.6 is 0 Å². The molecule has 1 amide bonds. The second kappa shape index (κ2) is 7.38. The molecule has 1 saturated heterocycles. The Balaban J connectivity index is 1.98. The van der Waals surface area contributed by atoms with Gasteiger partial charge in [-0.15, -0.1) is 0 Å². The third-order valence-corrected chi connectivity index (χ3v) is 3.41. The van der Waals surface area contributed by atoms with Gasteiger partial charge < -0.3 is 19.5 Å². The first kappa shape index (κ1) is 16.5. The van der Waals surface area contributed by atoms with Crippen molar-refractivity contribution in [2.75, 3.05) is 19.7 Å². The van der Waals surface area contributed by atoms with E-state index in [-0.39, 0.29) is 25.2 Å². The lowest BCUT2D eigenvalue weighted by Gasteiger charge is -2.30. The van der Waals surface area contributed by atoms with E-state index in [9.17, 15) is 9.59 Å². The van der Waals surface area contributed by atoms with Crippen molar-refractivity contribution in [1.82, 2.24) is 4.90 Å². The van der Waals surface area contributed by atoms with Crippen molar-refractivity contribution in [3.8, 4) is 0 Å². The first-order valence-corrected chi connectivity index (χ1v) is 7.31. The number of nitrogens with zero attached hydrogens (tertiary/aromatic N) is 1. The lowest BCUT2D eigenvalue weighted by atomic mass is 10.1. The van der Waals surface area contributed by atoms with Crippen LogP contribution in [0.4, 0.5) is 0 Å². The minimum atomic E-state index is -1.04. The number of carboxylic acid groups (broad SMARTS) is 1. The van der Waals surface area contributed by atoms with Gasteiger partial charge in [-0.05, 0) is 31.5 Å². The molecular weight excluding hydrogens is 286 g/mol. The second-order valence-electron chi connectivity index (χ2n) is 5.51. The van der Waals surface area contributed by atoms with Crippen molar-refractivity contribution in [2.24, 2.45) is 0 Å². The van der Waals surface area contributed by atoms with Crippen molar-refractivity contribution < 1.29 is 24.2 Å². The zero-order valence-corrected chi connectivity index (χ0v) is 12.8. The average Bonchev–Trinajstić information content (AvgIpc) is 2.53. The normalized spacial score (nSPS) is 18.5. The highest BCUT2D eigenvalue weighted by Crippen LogP contribution is 2.13. The fourth-order valence-corrected chi connectivity index (χ4v) is 2.17. The summed E-state index contributed by atoms with van der Waals surface area (Å²) in [6.07, 6.45) is -0.793. The van der Waals surface area contributed by atoms with Crippen molar-refractivity contribution in [1.29, 1.82) is 0 Å². The Labute approximate surface area is 129 Å². The summed E-state index contributed by atoms with van der Waals surface area (Å²) >= 11 is 0. The van der Waals surface area contributed by atoms with E-state index in [0.29, 0.717) is 18.7 Å². The Morgan fingerprint density at radius 3 is 2.64 bits per heavy atom. The summed E-state index contributed by atoms with van der Waals surface area (Å²) in [5.74, 6) is -1.22. The van der Waals surface area contributed by atoms with E-state index in [2.05, 4.69) is 0 Å². The zero-order valence-electron chi connectivity index (χ0n) is 12.8. The summed E-state index contributed by atoms with van der Waals surface area (Å²) in [6, 6.07) is 7.19. The topological polar surface area (TPSA) is 76.1 Å². The molecule has 1 aliphatic rings. The van der Waals surface area contributed by atoms with E-state index < -0.39 is 12.1 Å². The fourth-order valence-electron chi connectivity index (χ4n) is 2.17. The molecule has 120 valence electrons. The molecule has 1 aromatic rings. The van der Waals surface area contributed by atoms with Crippen LogP contribution in [0.25, 0.3) is 0 Å². The fraction of sp³-hybridized carbons (Fsp3) is 0.500. The van der Waals surface area contributed by atoms with Crippen LogP contribution in [0.1, 0.15) is 29.8 Å². The summed E-state index contributed by atoms with van der Waals surface area (Å²) in [5, 5.41) is 8.97. The molecule has 0 aliphatic carbocycles. The van der Waals surface area contributed by atoms with Crippen molar-refractivity contribution in [3.63, 3.8) is 0 Å². The summed E-state index contributed by atoms with van der Waals surface area (Å²) in [7, 11) is 0. The molecule has 0 bridgehead atoms. The Morgan fingerprint density at radius 1 is 1.36 bits per heavy atom. The molecule has 1 unspecified atom stereocenters. The van der Waals surface area contributed by atoms with Gasteiger partial charge in [-0.25, -0.2) is 4.79 Å². The largest absolute Gasteiger partial charge is 0.479 e. The number of morpholine rings is 1. The summed E-state index contributed by atoms with van der Waals surface area (Å²) in [4.78, 5) is 24.9. The lowest BCUT2D eigenvalue weighted by molar-refractivity contribution is -0.154. The standard InChI is InChI=1S/C16H21NO5/c1-11(2)22-10-12-3-5-13(6-4-12)15(18)17-7-8-21-14(9-17)16(19)20/h3-6,11,14H,7-10H2,1-2H3,(H,19,20). The molecular formula is C16H21NO5. The third-order valence-electron chi connectivity index (χ3n) is 3.41. The Morgan fingerprint density at radius 2 is 2.05 bits per heavy atom. The van der Waals surface area contributed by atoms with Crippen molar-refractivity contribution in [3.05, 3.63) is 35.4 Å². The average molecular weight is 307 g/mol. The molecule has 1 atom stereocenters. The van der Waals surface area contributed by atoms with Crippen molar-refractivity contribution >= 4 is 11.9 Å². The minimum Gasteiger partial charge on any atom is -0.479 e. The van der Waals surface area contributed by atoms with E-state index in [1.165, 1.54) is 4.90 Å². The third kappa shape index (κ3) is 4.29. The Kier molecular flexibility index (Phi) is 5.51. The predicted octanol–water partition coefficient (Wildman–Crippen LogP) is 1.54. The molecule has 2 rings (SSSR count). The number of ether oxygens (including phenoxy) is 2. The van der Waals surface area contributed by atoms with Crippen LogP contribution < -0.4 is 0 Å². The quantitative estimate of drug-likeness (QED) is 0.893. The van der Waals surface area contributed by atoms with E-state index >= 15 is 0 Å². The molecule has 0 aromatic heterocycles. The number of benzene rings is 1. The molecule has 0 radical (unpaired) electrons. The van der Waals surface area contributed by atoms with Crippen LogP contribution in [0.5, 0.6) is 0 Å². The summed E-state index contributed by atoms with van der Waals surface area (Å²) in [6.45, 7) is 5.16. The lowest BCUT2D eigenvalue weighted by Crippen LogP contribution is -2.48. The van der Waals surface area contributed by atoms with Gasteiger partial charge in [0.05, 0.1) is 25.9 Å². The maximum Gasteiger partial charge on any atom is 0.334 e. The van der Waals surface area contributed by atoms with Crippen LogP contribution in [-0.4, -0.2) is 53.8 Å². The SMILES string of the molecule is CC(C)OCc1ccc(C(=O)N2CCOC(C(=O)O)C2)cc1. The van der Waals surface area contributed by atoms with Crippen molar-refractivity contribution in [2.45, 2.75) is 32.7 Å². The van der Waals surface area contributed by atoms with Gasteiger partial charge in [-0.3, -0.25) is 4.79 Å². The maximum absolute atomic E-state index is 12.4. The van der Waals surface area contributed by atoms with Gasteiger partial charge >= 0.3 is 5.97 Å². The van der Waals surface area contributed by atoms with Gasteiger partial charge in [0, 0.05) is 12.1 Å². The highest BCUT2D eigenvalue weighted by molar-refractivity contribution is 5.94. The highest BCUT2D eigenvalue weighted by Gasteiger charge is 2.29. The van der Waals surface area contributed by atoms with Gasteiger partial charge in [0.25, 0.3) is 5.91 Å². The van der Waals surface area contributed by atoms with E-state index in [1.807, 2.05) is 26.0 Å². The summed E-state index contributed by atoms with van der Waals surface area (Å²) in [5.41, 5.74) is 1.54. The van der Waals surface area contributed by atoms with Gasteiger partial charge in [0.2, 0.25) is 0 Å². The number of carboxylic acids is 1. The number of amides is 1. The molecule has 0 saturated carbocycles. The molecule has 0 spiro atoms. The molecule has 1 aromatic carbocycles. The number of aliphatic carboxylic acids is 1. The predicted molar refractivity (Wildman–Crippen MR) is 79.6 cm³/mol. The monoisotopic (exact) mass is 307 g/mol. The first-order valence-electron chi connectivity index (χ1n) is 7.31. The van der Waals surface area contributed by atoms with Crippen LogP contribution in [0.3, 0.4) is 0 Å². The number of hydrogen-bond acceptors (Lipinski definition) is 4. The molecule has 1 heterocycles. The first-order chi connectivity index (χ1) is 10.5. The highest BCUT2D eigenvalue weighted by atomic mass is 16.5. The van der Waals surface area contributed by atoms with E-state index in [0.717, 1.165) is 5.56 Å². The second-order valence-corrected chi connectivity index (χ2v) is 5.51.